The van der Waals surface area contributed by atoms with Crippen LogP contribution in [0.5, 0.6) is 0 Å². The van der Waals surface area contributed by atoms with E-state index in [0.29, 0.717) is 28.7 Å². The van der Waals surface area contributed by atoms with Gasteiger partial charge in [-0.05, 0) is 66.3 Å². The second-order valence-corrected chi connectivity index (χ2v) is 10.7. The number of benzene rings is 3. The van der Waals surface area contributed by atoms with Crippen molar-refractivity contribution < 1.29 is 14.0 Å². The third kappa shape index (κ3) is 4.85. The van der Waals surface area contributed by atoms with Crippen molar-refractivity contribution >= 4 is 29.3 Å². The van der Waals surface area contributed by atoms with Crippen LogP contribution in [0.2, 0.25) is 0 Å². The molecule has 180 valence electrons. The van der Waals surface area contributed by atoms with Crippen LogP contribution in [0, 0.1) is 17.7 Å². The molecule has 3 aromatic carbocycles. The van der Waals surface area contributed by atoms with Gasteiger partial charge in [0.05, 0.1) is 17.8 Å². The maximum absolute atomic E-state index is 13.7. The van der Waals surface area contributed by atoms with Gasteiger partial charge in [0, 0.05) is 21.4 Å². The summed E-state index contributed by atoms with van der Waals surface area (Å²) in [4.78, 5) is 30.4. The molecule has 1 fully saturated rings. The molecular weight excluding hydrogens is 459 g/mol. The van der Waals surface area contributed by atoms with Crippen LogP contribution in [-0.2, 0) is 6.54 Å². The lowest BCUT2D eigenvalue weighted by Crippen LogP contribution is -2.43. The number of anilines is 1. The fourth-order valence-electron chi connectivity index (χ4n) is 5.03. The zero-order valence-electron chi connectivity index (χ0n) is 20.0. The lowest BCUT2D eigenvalue weighted by atomic mass is 9.78. The molecule has 1 N–H and O–H groups in total. The van der Waals surface area contributed by atoms with Crippen LogP contribution < -0.4 is 10.2 Å². The Hall–Kier alpha value is -3.12. The van der Waals surface area contributed by atoms with Gasteiger partial charge in [-0.25, -0.2) is 4.39 Å². The quantitative estimate of drug-likeness (QED) is 0.445. The van der Waals surface area contributed by atoms with Gasteiger partial charge in [0.2, 0.25) is 0 Å². The summed E-state index contributed by atoms with van der Waals surface area (Å²) in [7, 11) is 0. The predicted molar refractivity (Wildman–Crippen MR) is 137 cm³/mol. The topological polar surface area (TPSA) is 49.4 Å². The molecule has 0 spiro atoms. The van der Waals surface area contributed by atoms with E-state index in [4.69, 9.17) is 0 Å². The van der Waals surface area contributed by atoms with Crippen LogP contribution in [0.15, 0.2) is 76.5 Å². The number of halogens is 1. The first-order valence-corrected chi connectivity index (χ1v) is 13.0. The zero-order valence-corrected chi connectivity index (χ0v) is 20.8. The Morgan fingerprint density at radius 3 is 2.60 bits per heavy atom. The van der Waals surface area contributed by atoms with Gasteiger partial charge < -0.3 is 10.2 Å². The Morgan fingerprint density at radius 1 is 1.03 bits per heavy atom. The van der Waals surface area contributed by atoms with Crippen LogP contribution in [-0.4, -0.2) is 17.9 Å². The highest BCUT2D eigenvalue weighted by Gasteiger charge is 2.30. The zero-order chi connectivity index (χ0) is 24.5. The SMILES string of the molecule is C[C@@H]1[C@H](C)CCC[C@H]1NC(=O)c1ccc2c(c1)N(Cc1ccc(F)cc1)C(=O)c1ccccc1S2. The molecule has 0 unspecified atom stereocenters. The number of nitrogens with zero attached hydrogens (tertiary/aromatic N) is 1. The average molecular weight is 489 g/mol. The highest BCUT2D eigenvalue weighted by molar-refractivity contribution is 7.99. The Morgan fingerprint density at radius 2 is 1.80 bits per heavy atom. The molecule has 6 heteroatoms. The van der Waals surface area contributed by atoms with Gasteiger partial charge in [-0.1, -0.05) is 62.7 Å². The summed E-state index contributed by atoms with van der Waals surface area (Å²) in [6, 6.07) is 19.5. The fraction of sp³-hybridized carbons (Fsp3) is 0.310. The van der Waals surface area contributed by atoms with E-state index in [1.807, 2.05) is 42.5 Å². The van der Waals surface area contributed by atoms with Crippen molar-refractivity contribution in [1.29, 1.82) is 0 Å². The average Bonchev–Trinajstić information content (AvgIpc) is 2.97. The number of carbonyl (C=O) groups excluding carboxylic acids is 2. The van der Waals surface area contributed by atoms with Crippen LogP contribution >= 0.6 is 11.8 Å². The summed E-state index contributed by atoms with van der Waals surface area (Å²) in [5.41, 5.74) is 2.66. The molecule has 5 rings (SSSR count). The number of rotatable bonds is 4. The van der Waals surface area contributed by atoms with E-state index in [-0.39, 0.29) is 30.2 Å². The van der Waals surface area contributed by atoms with Crippen LogP contribution in [0.25, 0.3) is 0 Å². The third-order valence-electron chi connectivity index (χ3n) is 7.37. The van der Waals surface area contributed by atoms with Gasteiger partial charge in [0.15, 0.2) is 0 Å². The molecule has 1 aliphatic carbocycles. The van der Waals surface area contributed by atoms with E-state index in [1.165, 1.54) is 30.3 Å². The monoisotopic (exact) mass is 488 g/mol. The molecule has 1 aliphatic heterocycles. The predicted octanol–water partition coefficient (Wildman–Crippen LogP) is 6.69. The Bertz CT molecular complexity index is 1260. The van der Waals surface area contributed by atoms with E-state index in [0.717, 1.165) is 28.2 Å². The number of carbonyl (C=O) groups is 2. The largest absolute Gasteiger partial charge is 0.349 e. The van der Waals surface area contributed by atoms with Gasteiger partial charge in [-0.2, -0.15) is 0 Å². The van der Waals surface area contributed by atoms with Crippen molar-refractivity contribution in [3.63, 3.8) is 0 Å². The van der Waals surface area contributed by atoms with Crippen LogP contribution in [0.1, 0.15) is 59.4 Å². The molecule has 2 amide bonds. The number of fused-ring (bicyclic) bond motifs is 2. The first-order chi connectivity index (χ1) is 16.9. The van der Waals surface area contributed by atoms with Crippen molar-refractivity contribution in [1.82, 2.24) is 5.32 Å². The summed E-state index contributed by atoms with van der Waals surface area (Å²) < 4.78 is 13.5. The molecule has 0 aromatic heterocycles. The standard InChI is InChI=1S/C29H29FN2O2S/c1-18-6-5-8-24(19(18)2)31-28(33)21-12-15-27-25(16-21)32(17-20-10-13-22(30)14-11-20)29(34)23-7-3-4-9-26(23)35-27/h3-4,7,9-16,18-19,24H,5-6,8,17H2,1-2H3,(H,31,33)/t18-,19-,24-/m1/s1. The van der Waals surface area contributed by atoms with Crippen molar-refractivity contribution in [3.05, 3.63) is 89.2 Å². The summed E-state index contributed by atoms with van der Waals surface area (Å²) in [5.74, 6) is 0.445. The van der Waals surface area contributed by atoms with E-state index >= 15 is 0 Å². The van der Waals surface area contributed by atoms with Gasteiger partial charge in [0.25, 0.3) is 11.8 Å². The minimum absolute atomic E-state index is 0.111. The van der Waals surface area contributed by atoms with Crippen LogP contribution in [0.3, 0.4) is 0 Å². The number of hydrogen-bond donors (Lipinski definition) is 1. The normalized spacial score (nSPS) is 21.6. The molecule has 0 radical (unpaired) electrons. The second-order valence-electron chi connectivity index (χ2n) is 9.65. The van der Waals surface area contributed by atoms with Crippen LogP contribution in [0.4, 0.5) is 10.1 Å². The minimum Gasteiger partial charge on any atom is -0.349 e. The molecule has 3 atom stereocenters. The van der Waals surface area contributed by atoms with Crippen molar-refractivity contribution in [2.45, 2.75) is 55.5 Å². The summed E-state index contributed by atoms with van der Waals surface area (Å²) in [6.45, 7) is 4.74. The lowest BCUT2D eigenvalue weighted by molar-refractivity contribution is 0.0889. The van der Waals surface area contributed by atoms with E-state index in [1.54, 1.807) is 17.0 Å². The summed E-state index contributed by atoms with van der Waals surface area (Å²) >= 11 is 1.53. The molecule has 1 saturated carbocycles. The minimum atomic E-state index is -0.317. The fourth-order valence-corrected chi connectivity index (χ4v) is 6.09. The van der Waals surface area contributed by atoms with Crippen molar-refractivity contribution in [2.75, 3.05) is 4.90 Å². The number of hydrogen-bond acceptors (Lipinski definition) is 3. The Balaban J connectivity index is 1.50. The van der Waals surface area contributed by atoms with Gasteiger partial charge in [-0.15, -0.1) is 0 Å². The van der Waals surface area contributed by atoms with Crippen molar-refractivity contribution in [3.8, 4) is 0 Å². The second kappa shape index (κ2) is 9.86. The highest BCUT2D eigenvalue weighted by Crippen LogP contribution is 2.42. The third-order valence-corrected chi connectivity index (χ3v) is 8.51. The highest BCUT2D eigenvalue weighted by atomic mass is 32.2. The lowest BCUT2D eigenvalue weighted by Gasteiger charge is -2.34. The molecule has 35 heavy (non-hydrogen) atoms. The maximum atomic E-state index is 13.7. The Kier molecular flexibility index (Phi) is 6.65. The smallest absolute Gasteiger partial charge is 0.259 e. The van der Waals surface area contributed by atoms with Crippen molar-refractivity contribution in [2.24, 2.45) is 11.8 Å². The van der Waals surface area contributed by atoms with E-state index < -0.39 is 0 Å². The molecule has 0 saturated heterocycles. The van der Waals surface area contributed by atoms with E-state index in [2.05, 4.69) is 19.2 Å². The maximum Gasteiger partial charge on any atom is 0.259 e. The molecule has 0 bridgehead atoms. The first-order valence-electron chi connectivity index (χ1n) is 12.2. The number of amides is 2. The van der Waals surface area contributed by atoms with Gasteiger partial charge in [-0.3, -0.25) is 9.59 Å². The Labute approximate surface area is 209 Å². The molecule has 1 heterocycles. The summed E-state index contributed by atoms with van der Waals surface area (Å²) in [5, 5.41) is 3.25. The van der Waals surface area contributed by atoms with E-state index in [9.17, 15) is 14.0 Å². The molecule has 2 aliphatic rings. The molecule has 4 nitrogen and oxygen atoms in total. The van der Waals surface area contributed by atoms with Gasteiger partial charge >= 0.3 is 0 Å². The summed E-state index contributed by atoms with van der Waals surface area (Å²) in [6.07, 6.45) is 3.31. The number of nitrogens with one attached hydrogen (secondary N) is 1. The van der Waals surface area contributed by atoms with Gasteiger partial charge in [0.1, 0.15) is 5.82 Å². The molecule has 3 aromatic rings. The molecular formula is C29H29FN2O2S. The first kappa shape index (κ1) is 23.6.